The second kappa shape index (κ2) is 4.65. The molecule has 1 unspecified atom stereocenters. The zero-order valence-electron chi connectivity index (χ0n) is 9.26. The van der Waals surface area contributed by atoms with Gasteiger partial charge in [-0.3, -0.25) is 4.79 Å². The van der Waals surface area contributed by atoms with E-state index in [1.165, 1.54) is 11.8 Å². The lowest BCUT2D eigenvalue weighted by Gasteiger charge is -2.07. The molecule has 0 aliphatic heterocycles. The van der Waals surface area contributed by atoms with Crippen LogP contribution in [0.4, 0.5) is 0 Å². The Labute approximate surface area is 92.9 Å². The van der Waals surface area contributed by atoms with Crippen LogP contribution in [-0.2, 0) is 11.8 Å². The van der Waals surface area contributed by atoms with Crippen molar-refractivity contribution in [2.75, 3.05) is 0 Å². The van der Waals surface area contributed by atoms with Gasteiger partial charge < -0.3 is 9.67 Å². The molecule has 0 fully saturated rings. The van der Waals surface area contributed by atoms with Crippen LogP contribution in [0.1, 0.15) is 32.5 Å². The third-order valence-electron chi connectivity index (χ3n) is 2.01. The van der Waals surface area contributed by atoms with Crippen molar-refractivity contribution in [3.05, 3.63) is 5.82 Å². The molecule has 0 aliphatic rings. The van der Waals surface area contributed by atoms with Gasteiger partial charge in [0.2, 0.25) is 0 Å². The minimum atomic E-state index is -0.839. The summed E-state index contributed by atoms with van der Waals surface area (Å²) in [7, 11) is 1.85. The SMILES string of the molecule is CC(Sc1nnc(C(C)C)n1C)C(=O)O. The minimum absolute atomic E-state index is 0.289. The van der Waals surface area contributed by atoms with E-state index in [0.717, 1.165) is 5.82 Å². The number of carboxylic acid groups (broad SMARTS) is 1. The van der Waals surface area contributed by atoms with Crippen LogP contribution in [0, 0.1) is 0 Å². The second-order valence-electron chi connectivity index (χ2n) is 3.65. The highest BCUT2D eigenvalue weighted by Gasteiger charge is 2.18. The molecule has 0 amide bonds. The van der Waals surface area contributed by atoms with Crippen molar-refractivity contribution >= 4 is 17.7 Å². The van der Waals surface area contributed by atoms with Gasteiger partial charge in [0.05, 0.1) is 0 Å². The Kier molecular flexibility index (Phi) is 3.73. The molecule has 0 radical (unpaired) electrons. The predicted molar refractivity (Wildman–Crippen MR) is 58.0 cm³/mol. The minimum Gasteiger partial charge on any atom is -0.480 e. The number of aliphatic carboxylic acids is 1. The highest BCUT2D eigenvalue weighted by atomic mass is 32.2. The molecule has 1 heterocycles. The fraction of sp³-hybridized carbons (Fsp3) is 0.667. The van der Waals surface area contributed by atoms with Crippen molar-refractivity contribution in [2.45, 2.75) is 37.1 Å². The molecule has 0 aromatic carbocycles. The van der Waals surface area contributed by atoms with Gasteiger partial charge in [-0.15, -0.1) is 10.2 Å². The lowest BCUT2D eigenvalue weighted by molar-refractivity contribution is -0.136. The summed E-state index contributed by atoms with van der Waals surface area (Å²) < 4.78 is 1.84. The van der Waals surface area contributed by atoms with Gasteiger partial charge in [0.15, 0.2) is 5.16 Å². The van der Waals surface area contributed by atoms with Gasteiger partial charge in [-0.2, -0.15) is 0 Å². The van der Waals surface area contributed by atoms with E-state index in [-0.39, 0.29) is 5.92 Å². The van der Waals surface area contributed by atoms with E-state index in [0.29, 0.717) is 5.16 Å². The molecule has 0 spiro atoms. The Morgan fingerprint density at radius 1 is 1.40 bits per heavy atom. The van der Waals surface area contributed by atoms with E-state index >= 15 is 0 Å². The largest absolute Gasteiger partial charge is 0.480 e. The Balaban J connectivity index is 2.83. The highest BCUT2D eigenvalue weighted by Crippen LogP contribution is 2.23. The van der Waals surface area contributed by atoms with Crippen molar-refractivity contribution < 1.29 is 9.90 Å². The zero-order valence-corrected chi connectivity index (χ0v) is 10.1. The van der Waals surface area contributed by atoms with Crippen molar-refractivity contribution in [2.24, 2.45) is 7.05 Å². The van der Waals surface area contributed by atoms with Gasteiger partial charge in [-0.25, -0.2) is 0 Å². The first-order valence-electron chi connectivity index (χ1n) is 4.72. The zero-order chi connectivity index (χ0) is 11.6. The summed E-state index contributed by atoms with van der Waals surface area (Å²) in [6.07, 6.45) is 0. The van der Waals surface area contributed by atoms with Crippen LogP contribution in [-0.4, -0.2) is 31.1 Å². The van der Waals surface area contributed by atoms with Crippen molar-refractivity contribution in [3.63, 3.8) is 0 Å². The van der Waals surface area contributed by atoms with E-state index in [9.17, 15) is 4.79 Å². The summed E-state index contributed by atoms with van der Waals surface area (Å²) in [5, 5.41) is 16.9. The average Bonchev–Trinajstić information content (AvgIpc) is 2.48. The van der Waals surface area contributed by atoms with Gasteiger partial charge in [-0.05, 0) is 6.92 Å². The molecule has 0 saturated heterocycles. The predicted octanol–water partition coefficient (Wildman–Crippen LogP) is 1.50. The number of carboxylic acids is 1. The van der Waals surface area contributed by atoms with Gasteiger partial charge >= 0.3 is 5.97 Å². The lowest BCUT2D eigenvalue weighted by atomic mass is 10.2. The van der Waals surface area contributed by atoms with Gasteiger partial charge in [-0.1, -0.05) is 25.6 Å². The van der Waals surface area contributed by atoms with E-state index in [1.54, 1.807) is 6.92 Å². The topological polar surface area (TPSA) is 68.0 Å². The summed E-state index contributed by atoms with van der Waals surface area (Å²) in [4.78, 5) is 10.7. The maximum atomic E-state index is 10.7. The summed E-state index contributed by atoms with van der Waals surface area (Å²) in [5.41, 5.74) is 0. The molecule has 1 aromatic heterocycles. The molecule has 84 valence electrons. The van der Waals surface area contributed by atoms with Gasteiger partial charge in [0.25, 0.3) is 0 Å². The van der Waals surface area contributed by atoms with Crippen molar-refractivity contribution in [1.82, 2.24) is 14.8 Å². The molecular formula is C9H15N3O2S. The Bertz CT molecular complexity index is 362. The van der Waals surface area contributed by atoms with Crippen LogP contribution >= 0.6 is 11.8 Å². The molecule has 0 bridgehead atoms. The third-order valence-corrected chi connectivity index (χ3v) is 3.14. The fourth-order valence-corrected chi connectivity index (χ4v) is 1.90. The monoisotopic (exact) mass is 229 g/mol. The van der Waals surface area contributed by atoms with Gasteiger partial charge in [0, 0.05) is 13.0 Å². The summed E-state index contributed by atoms with van der Waals surface area (Å²) in [5.74, 6) is 0.321. The molecule has 0 saturated carbocycles. The Morgan fingerprint density at radius 2 is 2.00 bits per heavy atom. The maximum absolute atomic E-state index is 10.7. The molecule has 0 aliphatic carbocycles. The van der Waals surface area contributed by atoms with Crippen molar-refractivity contribution in [3.8, 4) is 0 Å². The average molecular weight is 229 g/mol. The van der Waals surface area contributed by atoms with Crippen LogP contribution in [0.5, 0.6) is 0 Å². The fourth-order valence-electron chi connectivity index (χ4n) is 1.14. The first-order chi connectivity index (χ1) is 6.93. The standard InChI is InChI=1S/C9H15N3O2S/c1-5(2)7-10-11-9(12(7)4)15-6(3)8(13)14/h5-6H,1-4H3,(H,13,14). The highest BCUT2D eigenvalue weighted by molar-refractivity contribution is 8.00. The molecule has 6 heteroatoms. The number of hydrogen-bond donors (Lipinski definition) is 1. The third kappa shape index (κ3) is 2.71. The second-order valence-corrected chi connectivity index (χ2v) is 4.96. The molecular weight excluding hydrogens is 214 g/mol. The Morgan fingerprint density at radius 3 is 2.40 bits per heavy atom. The molecule has 1 rings (SSSR count). The quantitative estimate of drug-likeness (QED) is 0.792. The normalized spacial score (nSPS) is 13.1. The van der Waals surface area contributed by atoms with Crippen LogP contribution in [0.2, 0.25) is 0 Å². The lowest BCUT2D eigenvalue weighted by Crippen LogP contribution is -2.12. The van der Waals surface area contributed by atoms with Crippen molar-refractivity contribution in [1.29, 1.82) is 0 Å². The maximum Gasteiger partial charge on any atom is 0.316 e. The van der Waals surface area contributed by atoms with Crippen LogP contribution in [0.25, 0.3) is 0 Å². The summed E-state index contributed by atoms with van der Waals surface area (Å²) in [6, 6.07) is 0. The molecule has 1 atom stereocenters. The summed E-state index contributed by atoms with van der Waals surface area (Å²) in [6.45, 7) is 5.69. The van der Waals surface area contributed by atoms with Crippen LogP contribution in [0.15, 0.2) is 5.16 Å². The first-order valence-corrected chi connectivity index (χ1v) is 5.60. The first kappa shape index (κ1) is 12.0. The number of nitrogens with zero attached hydrogens (tertiary/aromatic N) is 3. The molecule has 15 heavy (non-hydrogen) atoms. The van der Waals surface area contributed by atoms with E-state index in [2.05, 4.69) is 10.2 Å². The van der Waals surface area contributed by atoms with E-state index < -0.39 is 11.2 Å². The molecule has 1 aromatic rings. The molecule has 5 nitrogen and oxygen atoms in total. The summed E-state index contributed by atoms with van der Waals surface area (Å²) >= 11 is 1.21. The van der Waals surface area contributed by atoms with E-state index in [4.69, 9.17) is 5.11 Å². The number of thioether (sulfide) groups is 1. The van der Waals surface area contributed by atoms with Gasteiger partial charge in [0.1, 0.15) is 11.1 Å². The number of aromatic nitrogens is 3. The number of hydrogen-bond acceptors (Lipinski definition) is 4. The number of carbonyl (C=O) groups is 1. The van der Waals surface area contributed by atoms with Crippen LogP contribution < -0.4 is 0 Å². The Hall–Kier alpha value is -1.04. The molecule has 1 N–H and O–H groups in total. The number of rotatable bonds is 4. The van der Waals surface area contributed by atoms with Crippen LogP contribution in [0.3, 0.4) is 0 Å². The smallest absolute Gasteiger partial charge is 0.316 e. The van der Waals surface area contributed by atoms with E-state index in [1.807, 2.05) is 25.5 Å².